The molecule has 2 heterocycles. The van der Waals surface area contributed by atoms with Crippen LogP contribution in [-0.2, 0) is 4.74 Å². The molecule has 3 rings (SSSR count). The third-order valence-corrected chi connectivity index (χ3v) is 4.19. The normalized spacial score (nSPS) is 28.9. The Bertz CT molecular complexity index is 872. The minimum absolute atomic E-state index is 0.0694. The molecule has 0 saturated carbocycles. The minimum Gasteiger partial charge on any atom is -0.462 e. The van der Waals surface area contributed by atoms with E-state index in [2.05, 4.69) is 0 Å². The Morgan fingerprint density at radius 3 is 2.54 bits per heavy atom. The van der Waals surface area contributed by atoms with E-state index in [0.717, 1.165) is 0 Å². The first-order chi connectivity index (χ1) is 12.3. The van der Waals surface area contributed by atoms with E-state index in [1.165, 1.54) is 25.1 Å². The Hall–Kier alpha value is -2.30. The molecule has 5 atom stereocenters. The summed E-state index contributed by atoms with van der Waals surface area (Å²) in [4.78, 5) is 23.2. The number of carbonyl (C=O) groups excluding carboxylic acids is 1. The van der Waals surface area contributed by atoms with E-state index >= 15 is 0 Å². The number of benzene rings is 1. The lowest BCUT2D eigenvalue weighted by Gasteiger charge is -2.39. The molecule has 0 aliphatic carbocycles. The molecule has 1 fully saturated rings. The van der Waals surface area contributed by atoms with Crippen molar-refractivity contribution >= 4 is 16.8 Å². The topological polar surface area (TPSA) is 147 Å². The van der Waals surface area contributed by atoms with E-state index < -0.39 is 48.7 Å². The van der Waals surface area contributed by atoms with Gasteiger partial charge in [0.25, 0.3) is 0 Å². The number of carbonyl (C=O) groups is 1. The van der Waals surface area contributed by atoms with E-state index in [0.29, 0.717) is 5.39 Å². The summed E-state index contributed by atoms with van der Waals surface area (Å²) in [6, 6.07) is 5.81. The van der Waals surface area contributed by atoms with Gasteiger partial charge in [-0.25, -0.2) is 4.79 Å². The van der Waals surface area contributed by atoms with Gasteiger partial charge < -0.3 is 34.3 Å². The summed E-state index contributed by atoms with van der Waals surface area (Å²) >= 11 is 0. The molecule has 140 valence electrons. The van der Waals surface area contributed by atoms with Gasteiger partial charge in [0.05, 0.1) is 6.61 Å². The van der Waals surface area contributed by atoms with Gasteiger partial charge in [0.15, 0.2) is 5.78 Å². The molecule has 9 nitrogen and oxygen atoms in total. The van der Waals surface area contributed by atoms with Crippen molar-refractivity contribution in [1.82, 2.24) is 0 Å². The van der Waals surface area contributed by atoms with Gasteiger partial charge >= 0.3 is 5.63 Å². The molecule has 0 radical (unpaired) electrons. The van der Waals surface area contributed by atoms with Crippen LogP contribution in [0.3, 0.4) is 0 Å². The largest absolute Gasteiger partial charge is 0.462 e. The lowest BCUT2D eigenvalue weighted by molar-refractivity contribution is -0.277. The van der Waals surface area contributed by atoms with Crippen molar-refractivity contribution in [2.75, 3.05) is 6.61 Å². The van der Waals surface area contributed by atoms with Crippen molar-refractivity contribution in [2.45, 2.75) is 37.6 Å². The van der Waals surface area contributed by atoms with Crippen LogP contribution in [-0.4, -0.2) is 63.5 Å². The number of fused-ring (bicyclic) bond motifs is 1. The Kier molecular flexibility index (Phi) is 5.08. The molecule has 4 N–H and O–H groups in total. The van der Waals surface area contributed by atoms with Crippen molar-refractivity contribution in [3.05, 3.63) is 40.2 Å². The van der Waals surface area contributed by atoms with Crippen LogP contribution in [0.5, 0.6) is 5.75 Å². The predicted molar refractivity (Wildman–Crippen MR) is 86.9 cm³/mol. The Labute approximate surface area is 147 Å². The maximum atomic E-state index is 11.8. The highest BCUT2D eigenvalue weighted by molar-refractivity contribution is 5.96. The van der Waals surface area contributed by atoms with Gasteiger partial charge in [0, 0.05) is 11.5 Å². The van der Waals surface area contributed by atoms with Crippen LogP contribution >= 0.6 is 0 Å². The van der Waals surface area contributed by atoms with E-state index in [1.807, 2.05) is 0 Å². The molecule has 1 saturated heterocycles. The molecular weight excluding hydrogens is 348 g/mol. The van der Waals surface area contributed by atoms with Gasteiger partial charge in [-0.1, -0.05) is 0 Å². The first kappa shape index (κ1) is 18.5. The molecule has 2 aromatic rings. The zero-order valence-electron chi connectivity index (χ0n) is 13.7. The third-order valence-electron chi connectivity index (χ3n) is 4.19. The zero-order valence-corrected chi connectivity index (χ0v) is 13.7. The van der Waals surface area contributed by atoms with Crippen LogP contribution in [0.1, 0.15) is 17.3 Å². The van der Waals surface area contributed by atoms with E-state index in [9.17, 15) is 30.0 Å². The number of hydrogen-bond acceptors (Lipinski definition) is 9. The quantitative estimate of drug-likeness (QED) is 0.402. The van der Waals surface area contributed by atoms with E-state index in [4.69, 9.17) is 13.9 Å². The van der Waals surface area contributed by atoms with Gasteiger partial charge in [0.2, 0.25) is 6.29 Å². The molecule has 1 unspecified atom stereocenters. The van der Waals surface area contributed by atoms with Crippen LogP contribution in [0.25, 0.3) is 11.0 Å². The highest BCUT2D eigenvalue weighted by Gasteiger charge is 2.44. The number of aliphatic hydroxyl groups excluding tert-OH is 4. The number of ketones is 1. The molecular formula is C17H18O9. The second-order valence-electron chi connectivity index (χ2n) is 6.02. The number of rotatable bonds is 4. The molecule has 0 spiro atoms. The Balaban J connectivity index is 1.88. The number of Topliss-reactive ketones (excluding diaryl/α,β-unsaturated/α-hetero) is 1. The minimum atomic E-state index is -1.57. The maximum absolute atomic E-state index is 11.8. The summed E-state index contributed by atoms with van der Waals surface area (Å²) in [6.45, 7) is 0.680. The van der Waals surface area contributed by atoms with Crippen molar-refractivity contribution in [3.63, 3.8) is 0 Å². The smallest absolute Gasteiger partial charge is 0.347 e. The van der Waals surface area contributed by atoms with Gasteiger partial charge in [-0.2, -0.15) is 0 Å². The number of aliphatic hydroxyl groups is 4. The molecule has 1 aliphatic rings. The fourth-order valence-corrected chi connectivity index (χ4v) is 2.71. The standard InChI is InChI=1S/C17H18O9/c1-7(19)10-4-8-2-3-9(5-11(8)25-16(10)23)24-17-15(22)14(21)13(20)12(6-18)26-17/h2-5,12-15,17-18,20-22H,6H2,1H3/t12-,13+,14+,15-,17?/m1/s1. The van der Waals surface area contributed by atoms with E-state index in [1.54, 1.807) is 6.07 Å². The lowest BCUT2D eigenvalue weighted by atomic mass is 9.99. The van der Waals surface area contributed by atoms with Crippen LogP contribution in [0, 0.1) is 0 Å². The second-order valence-corrected chi connectivity index (χ2v) is 6.02. The molecule has 26 heavy (non-hydrogen) atoms. The molecule has 1 aromatic carbocycles. The predicted octanol–water partition coefficient (Wildman–Crippen LogP) is -0.826. The molecule has 0 bridgehead atoms. The highest BCUT2D eigenvalue weighted by atomic mass is 16.7. The van der Waals surface area contributed by atoms with Crippen LogP contribution < -0.4 is 10.4 Å². The van der Waals surface area contributed by atoms with Crippen LogP contribution in [0.2, 0.25) is 0 Å². The van der Waals surface area contributed by atoms with Gasteiger partial charge in [-0.3, -0.25) is 4.79 Å². The number of hydrogen-bond donors (Lipinski definition) is 4. The van der Waals surface area contributed by atoms with Crippen molar-refractivity contribution < 1.29 is 39.1 Å². The summed E-state index contributed by atoms with van der Waals surface area (Å²) in [5.74, 6) is -0.261. The van der Waals surface area contributed by atoms with Crippen molar-refractivity contribution in [1.29, 1.82) is 0 Å². The lowest BCUT2D eigenvalue weighted by Crippen LogP contribution is -2.60. The summed E-state index contributed by atoms with van der Waals surface area (Å²) in [7, 11) is 0. The summed E-state index contributed by atoms with van der Waals surface area (Å²) in [5.41, 5.74) is -0.697. The monoisotopic (exact) mass is 366 g/mol. The van der Waals surface area contributed by atoms with Gasteiger partial charge in [0.1, 0.15) is 41.3 Å². The number of ether oxygens (including phenoxy) is 2. The van der Waals surface area contributed by atoms with Gasteiger partial charge in [-0.05, 0) is 25.1 Å². The molecule has 1 aromatic heterocycles. The Morgan fingerprint density at radius 2 is 1.88 bits per heavy atom. The zero-order chi connectivity index (χ0) is 19.0. The van der Waals surface area contributed by atoms with Crippen molar-refractivity contribution in [2.24, 2.45) is 0 Å². The second kappa shape index (κ2) is 7.14. The summed E-state index contributed by atoms with van der Waals surface area (Å²) in [5, 5.41) is 39.2. The van der Waals surface area contributed by atoms with E-state index in [-0.39, 0.29) is 16.9 Å². The third kappa shape index (κ3) is 3.35. The molecule has 0 amide bonds. The van der Waals surface area contributed by atoms with Crippen LogP contribution in [0.4, 0.5) is 0 Å². The average Bonchev–Trinajstić information content (AvgIpc) is 2.61. The summed E-state index contributed by atoms with van der Waals surface area (Å²) < 4.78 is 15.8. The van der Waals surface area contributed by atoms with Gasteiger partial charge in [-0.15, -0.1) is 0 Å². The maximum Gasteiger partial charge on any atom is 0.347 e. The summed E-state index contributed by atoms with van der Waals surface area (Å²) in [6.07, 6.45) is -7.08. The molecule has 1 aliphatic heterocycles. The fourth-order valence-electron chi connectivity index (χ4n) is 2.71. The Morgan fingerprint density at radius 1 is 1.15 bits per heavy atom. The first-order valence-corrected chi connectivity index (χ1v) is 7.88. The van der Waals surface area contributed by atoms with Crippen LogP contribution in [0.15, 0.2) is 33.5 Å². The fraction of sp³-hybridized carbons (Fsp3) is 0.412. The first-order valence-electron chi connectivity index (χ1n) is 7.88. The highest BCUT2D eigenvalue weighted by Crippen LogP contribution is 2.26. The SMILES string of the molecule is CC(=O)c1cc2ccc(OC3O[C@H](CO)[C@H](O)[C@H](O)[C@H]3O)cc2oc1=O. The average molecular weight is 366 g/mol. The van der Waals surface area contributed by atoms with Crippen molar-refractivity contribution in [3.8, 4) is 5.75 Å². The molecule has 9 heteroatoms.